The van der Waals surface area contributed by atoms with E-state index in [2.05, 4.69) is 10.3 Å². The summed E-state index contributed by atoms with van der Waals surface area (Å²) in [5, 5.41) is 3.17. The van der Waals surface area contributed by atoms with E-state index in [1.165, 1.54) is 17.1 Å². The maximum Gasteiger partial charge on any atom is 0.331 e. The predicted molar refractivity (Wildman–Crippen MR) is 73.9 cm³/mol. The number of imidazole rings is 1. The Hall–Kier alpha value is -2.01. The number of nitrogens with zero attached hydrogens (tertiary/aromatic N) is 2. The Bertz CT molecular complexity index is 567. The number of amides is 1. The Kier molecular flexibility index (Phi) is 4.06. The molecule has 1 N–H and O–H groups in total. The molecule has 1 aromatic carbocycles. The Balaban J connectivity index is 2.10. The van der Waals surface area contributed by atoms with Gasteiger partial charge in [-0.2, -0.15) is 0 Å². The number of ether oxygens (including phenoxy) is 1. The zero-order chi connectivity index (χ0) is 13.8. The van der Waals surface area contributed by atoms with Gasteiger partial charge in [0.1, 0.15) is 12.1 Å². The number of carbonyl (C=O) groups excluding carboxylic acids is 1. The Morgan fingerprint density at radius 1 is 1.47 bits per heavy atom. The topological polar surface area (TPSA) is 56.1 Å². The van der Waals surface area contributed by atoms with E-state index in [0.717, 1.165) is 0 Å². The van der Waals surface area contributed by atoms with E-state index in [1.54, 1.807) is 24.4 Å². The van der Waals surface area contributed by atoms with Gasteiger partial charge in [0.25, 0.3) is 0 Å². The first-order valence-corrected chi connectivity index (χ1v) is 6.19. The summed E-state index contributed by atoms with van der Waals surface area (Å²) in [5.74, 6) is 0.595. The fourth-order valence-corrected chi connectivity index (χ4v) is 1.72. The van der Waals surface area contributed by atoms with Crippen LogP contribution in [0, 0.1) is 0 Å². The number of carbonyl (C=O) groups is 1. The zero-order valence-electron chi connectivity index (χ0n) is 10.6. The van der Waals surface area contributed by atoms with Crippen molar-refractivity contribution < 1.29 is 9.53 Å². The van der Waals surface area contributed by atoms with Gasteiger partial charge < -0.3 is 10.1 Å². The molecule has 0 aliphatic carbocycles. The molecule has 19 heavy (non-hydrogen) atoms. The third kappa shape index (κ3) is 3.48. The van der Waals surface area contributed by atoms with Gasteiger partial charge in [-0.05, 0) is 32.0 Å². The first-order chi connectivity index (χ1) is 9.06. The smallest absolute Gasteiger partial charge is 0.331 e. The highest BCUT2D eigenvalue weighted by molar-refractivity contribution is 6.32. The monoisotopic (exact) mass is 279 g/mol. The van der Waals surface area contributed by atoms with Gasteiger partial charge in [0.2, 0.25) is 0 Å². The predicted octanol–water partition coefficient (Wildman–Crippen LogP) is 3.40. The molecule has 0 saturated carbocycles. The van der Waals surface area contributed by atoms with Crippen LogP contribution < -0.4 is 10.1 Å². The van der Waals surface area contributed by atoms with Crippen molar-refractivity contribution in [3.63, 3.8) is 0 Å². The average Bonchev–Trinajstić information content (AvgIpc) is 2.86. The fourth-order valence-electron chi connectivity index (χ4n) is 1.50. The number of halogens is 1. The van der Waals surface area contributed by atoms with Crippen LogP contribution in [0.5, 0.6) is 5.75 Å². The van der Waals surface area contributed by atoms with Gasteiger partial charge in [-0.1, -0.05) is 11.6 Å². The molecule has 0 saturated heterocycles. The van der Waals surface area contributed by atoms with Gasteiger partial charge in [0, 0.05) is 18.1 Å². The van der Waals surface area contributed by atoms with Crippen LogP contribution in [-0.4, -0.2) is 21.7 Å². The molecule has 0 atom stereocenters. The van der Waals surface area contributed by atoms with Crippen LogP contribution in [0.1, 0.15) is 13.8 Å². The normalized spacial score (nSPS) is 10.5. The molecular weight excluding hydrogens is 266 g/mol. The highest BCUT2D eigenvalue weighted by atomic mass is 35.5. The van der Waals surface area contributed by atoms with E-state index in [-0.39, 0.29) is 12.1 Å². The minimum atomic E-state index is -0.300. The number of anilines is 1. The van der Waals surface area contributed by atoms with Gasteiger partial charge in [-0.25, -0.2) is 9.78 Å². The average molecular weight is 280 g/mol. The Morgan fingerprint density at radius 2 is 2.26 bits per heavy atom. The lowest BCUT2D eigenvalue weighted by atomic mass is 10.3. The summed E-state index contributed by atoms with van der Waals surface area (Å²) >= 11 is 6.09. The van der Waals surface area contributed by atoms with Crippen molar-refractivity contribution >= 4 is 23.3 Å². The van der Waals surface area contributed by atoms with Crippen molar-refractivity contribution in [2.75, 3.05) is 5.32 Å². The van der Waals surface area contributed by atoms with E-state index < -0.39 is 0 Å². The van der Waals surface area contributed by atoms with Crippen LogP contribution in [0.2, 0.25) is 5.02 Å². The van der Waals surface area contributed by atoms with Crippen LogP contribution in [0.3, 0.4) is 0 Å². The second kappa shape index (κ2) is 5.75. The minimum Gasteiger partial charge on any atom is -0.489 e. The summed E-state index contributed by atoms with van der Waals surface area (Å²) in [6.07, 6.45) is 4.57. The number of rotatable bonds is 3. The molecule has 0 fully saturated rings. The number of hydrogen-bond donors (Lipinski definition) is 1. The number of nitrogens with one attached hydrogen (secondary N) is 1. The second-order valence-electron chi connectivity index (χ2n) is 4.21. The molecule has 0 unspecified atom stereocenters. The molecule has 1 amide bonds. The molecule has 0 bridgehead atoms. The van der Waals surface area contributed by atoms with Crippen LogP contribution in [0.25, 0.3) is 0 Å². The number of benzene rings is 1. The molecule has 1 heterocycles. The number of aromatic nitrogens is 2. The van der Waals surface area contributed by atoms with Crippen molar-refractivity contribution in [1.29, 1.82) is 0 Å². The van der Waals surface area contributed by atoms with E-state index in [0.29, 0.717) is 16.5 Å². The van der Waals surface area contributed by atoms with Gasteiger partial charge in [-0.3, -0.25) is 4.57 Å². The first kappa shape index (κ1) is 13.4. The quantitative estimate of drug-likeness (QED) is 0.937. The summed E-state index contributed by atoms with van der Waals surface area (Å²) in [7, 11) is 0. The van der Waals surface area contributed by atoms with Crippen LogP contribution >= 0.6 is 11.6 Å². The van der Waals surface area contributed by atoms with Crippen LogP contribution in [0.4, 0.5) is 10.5 Å². The van der Waals surface area contributed by atoms with Gasteiger partial charge in [0.15, 0.2) is 0 Å². The van der Waals surface area contributed by atoms with E-state index in [9.17, 15) is 4.79 Å². The molecule has 0 spiro atoms. The molecule has 0 aliphatic heterocycles. The number of hydrogen-bond acceptors (Lipinski definition) is 3. The highest BCUT2D eigenvalue weighted by Gasteiger charge is 2.08. The molecule has 100 valence electrons. The fraction of sp³-hybridized carbons (Fsp3) is 0.231. The maximum atomic E-state index is 11.8. The molecule has 6 heteroatoms. The van der Waals surface area contributed by atoms with Crippen molar-refractivity contribution in [3.8, 4) is 5.75 Å². The summed E-state index contributed by atoms with van der Waals surface area (Å²) < 4.78 is 6.86. The Labute approximate surface area is 116 Å². The lowest BCUT2D eigenvalue weighted by molar-refractivity contribution is 0.242. The SMILES string of the molecule is CC(C)Oc1ccc(NC(=O)n2ccnc2)cc1Cl. The molecule has 5 nitrogen and oxygen atoms in total. The van der Waals surface area contributed by atoms with Gasteiger partial charge in [0.05, 0.1) is 11.1 Å². The third-order valence-electron chi connectivity index (χ3n) is 2.28. The van der Waals surface area contributed by atoms with E-state index in [4.69, 9.17) is 16.3 Å². The summed E-state index contributed by atoms with van der Waals surface area (Å²) in [4.78, 5) is 15.6. The van der Waals surface area contributed by atoms with Gasteiger partial charge >= 0.3 is 6.03 Å². The van der Waals surface area contributed by atoms with E-state index in [1.807, 2.05) is 13.8 Å². The van der Waals surface area contributed by atoms with Crippen molar-refractivity contribution in [2.24, 2.45) is 0 Å². The third-order valence-corrected chi connectivity index (χ3v) is 2.58. The molecule has 0 aliphatic rings. The van der Waals surface area contributed by atoms with Crippen LogP contribution in [0.15, 0.2) is 36.9 Å². The molecule has 2 aromatic rings. The highest BCUT2D eigenvalue weighted by Crippen LogP contribution is 2.28. The summed E-state index contributed by atoms with van der Waals surface area (Å²) in [5.41, 5.74) is 0.597. The van der Waals surface area contributed by atoms with Crippen LogP contribution in [-0.2, 0) is 0 Å². The lowest BCUT2D eigenvalue weighted by Gasteiger charge is -2.12. The minimum absolute atomic E-state index is 0.0453. The summed E-state index contributed by atoms with van der Waals surface area (Å²) in [6.45, 7) is 3.84. The standard InChI is InChI=1S/C13H14ClN3O2/c1-9(2)19-12-4-3-10(7-11(12)14)16-13(18)17-6-5-15-8-17/h3-9H,1-2H3,(H,16,18). The summed E-state index contributed by atoms with van der Waals surface area (Å²) in [6, 6.07) is 4.81. The largest absolute Gasteiger partial charge is 0.489 e. The second-order valence-corrected chi connectivity index (χ2v) is 4.62. The molecule has 2 rings (SSSR count). The van der Waals surface area contributed by atoms with Crippen molar-refractivity contribution in [3.05, 3.63) is 41.9 Å². The van der Waals surface area contributed by atoms with E-state index >= 15 is 0 Å². The molecule has 0 radical (unpaired) electrons. The zero-order valence-corrected chi connectivity index (χ0v) is 11.4. The first-order valence-electron chi connectivity index (χ1n) is 5.82. The lowest BCUT2D eigenvalue weighted by Crippen LogP contribution is -2.17. The van der Waals surface area contributed by atoms with Crippen molar-refractivity contribution in [1.82, 2.24) is 9.55 Å². The molecular formula is C13H14ClN3O2. The molecule has 1 aromatic heterocycles. The Morgan fingerprint density at radius 3 is 2.84 bits per heavy atom. The van der Waals surface area contributed by atoms with Crippen molar-refractivity contribution in [2.45, 2.75) is 20.0 Å². The van der Waals surface area contributed by atoms with Gasteiger partial charge in [-0.15, -0.1) is 0 Å². The maximum absolute atomic E-state index is 11.8.